The molecule has 3 rings (SSSR count). The highest BCUT2D eigenvalue weighted by molar-refractivity contribution is 6.34. The van der Waals surface area contributed by atoms with Gasteiger partial charge in [-0.15, -0.1) is 0 Å². The molecule has 0 radical (unpaired) electrons. The van der Waals surface area contributed by atoms with E-state index < -0.39 is 0 Å². The van der Waals surface area contributed by atoms with Gasteiger partial charge in [0.25, 0.3) is 5.91 Å². The topological polar surface area (TPSA) is 55.6 Å². The molecule has 0 aliphatic carbocycles. The van der Waals surface area contributed by atoms with E-state index in [9.17, 15) is 4.79 Å². The Bertz CT molecular complexity index is 705. The molecule has 0 saturated carbocycles. The Morgan fingerprint density at radius 3 is 2.61 bits per heavy atom. The van der Waals surface area contributed by atoms with Crippen molar-refractivity contribution in [2.75, 3.05) is 20.2 Å². The lowest BCUT2D eigenvalue weighted by atomic mass is 9.95. The monoisotopic (exact) mass is 330 g/mol. The molecule has 120 valence electrons. The van der Waals surface area contributed by atoms with E-state index >= 15 is 0 Å². The summed E-state index contributed by atoms with van der Waals surface area (Å²) in [6, 6.07) is 15.2. The summed E-state index contributed by atoms with van der Waals surface area (Å²) in [6.07, 6.45) is 0. The molecule has 0 spiro atoms. The fourth-order valence-corrected chi connectivity index (χ4v) is 3.33. The molecule has 1 aliphatic heterocycles. The van der Waals surface area contributed by atoms with Gasteiger partial charge in [-0.2, -0.15) is 0 Å². The van der Waals surface area contributed by atoms with Crippen molar-refractivity contribution in [2.24, 2.45) is 5.73 Å². The largest absolute Gasteiger partial charge is 0.496 e. The Balaban J connectivity index is 1.85. The quantitative estimate of drug-likeness (QED) is 0.941. The van der Waals surface area contributed by atoms with E-state index in [1.807, 2.05) is 18.2 Å². The summed E-state index contributed by atoms with van der Waals surface area (Å²) < 4.78 is 5.28. The number of benzene rings is 2. The van der Waals surface area contributed by atoms with Crippen LogP contribution in [0.5, 0.6) is 5.75 Å². The number of methoxy groups -OCH3 is 1. The summed E-state index contributed by atoms with van der Waals surface area (Å²) in [5, 5.41) is 0.395. The minimum atomic E-state index is -0.138. The highest BCUT2D eigenvalue weighted by Crippen LogP contribution is 2.32. The van der Waals surface area contributed by atoms with Crippen LogP contribution in [0.1, 0.15) is 21.8 Å². The first-order valence-electron chi connectivity index (χ1n) is 7.54. The zero-order valence-corrected chi connectivity index (χ0v) is 13.7. The Kier molecular flexibility index (Phi) is 4.55. The molecule has 2 atom stereocenters. The summed E-state index contributed by atoms with van der Waals surface area (Å²) >= 11 is 6.21. The van der Waals surface area contributed by atoms with Gasteiger partial charge in [-0.1, -0.05) is 48.0 Å². The van der Waals surface area contributed by atoms with Crippen molar-refractivity contribution in [1.29, 1.82) is 0 Å². The summed E-state index contributed by atoms with van der Waals surface area (Å²) in [7, 11) is 1.53. The number of ether oxygens (including phenoxy) is 1. The maximum Gasteiger partial charge on any atom is 0.259 e. The molecule has 2 N–H and O–H groups in total. The molecule has 1 amide bonds. The van der Waals surface area contributed by atoms with Gasteiger partial charge in [0.2, 0.25) is 0 Å². The van der Waals surface area contributed by atoms with Crippen molar-refractivity contribution < 1.29 is 9.53 Å². The molecule has 1 saturated heterocycles. The van der Waals surface area contributed by atoms with Crippen LogP contribution in [-0.2, 0) is 0 Å². The summed E-state index contributed by atoms with van der Waals surface area (Å²) in [5.74, 6) is 0.481. The van der Waals surface area contributed by atoms with Gasteiger partial charge in [0, 0.05) is 25.0 Å². The lowest BCUT2D eigenvalue weighted by Crippen LogP contribution is -2.32. The lowest BCUT2D eigenvalue weighted by Gasteiger charge is -2.19. The van der Waals surface area contributed by atoms with E-state index in [0.29, 0.717) is 29.4 Å². The van der Waals surface area contributed by atoms with E-state index in [2.05, 4.69) is 12.1 Å². The molecular formula is C18H19ClN2O2. The molecule has 0 aromatic heterocycles. The average molecular weight is 331 g/mol. The predicted molar refractivity (Wildman–Crippen MR) is 91.1 cm³/mol. The molecule has 1 heterocycles. The van der Waals surface area contributed by atoms with Crippen molar-refractivity contribution in [3.8, 4) is 5.75 Å². The SMILES string of the molecule is COc1cccc(Cl)c1C(=O)N1C[C@@H](N)[C@H](c2ccccc2)C1. The van der Waals surface area contributed by atoms with Crippen LogP contribution in [0.3, 0.4) is 0 Å². The number of carbonyl (C=O) groups excluding carboxylic acids is 1. The number of halogens is 1. The molecule has 1 fully saturated rings. The number of nitrogens with two attached hydrogens (primary N) is 1. The highest BCUT2D eigenvalue weighted by Gasteiger charge is 2.35. The lowest BCUT2D eigenvalue weighted by molar-refractivity contribution is 0.0786. The van der Waals surface area contributed by atoms with Crippen molar-refractivity contribution in [1.82, 2.24) is 4.90 Å². The number of carbonyl (C=O) groups is 1. The predicted octanol–water partition coefficient (Wildman–Crippen LogP) is 2.92. The minimum Gasteiger partial charge on any atom is -0.496 e. The standard InChI is InChI=1S/C18H19ClN2O2/c1-23-16-9-5-8-14(19)17(16)18(22)21-10-13(15(20)11-21)12-6-3-2-4-7-12/h2-9,13,15H,10-11,20H2,1H3/t13-,15+/m0/s1. The van der Waals surface area contributed by atoms with Crippen LogP contribution >= 0.6 is 11.6 Å². The van der Waals surface area contributed by atoms with Crippen molar-refractivity contribution in [3.63, 3.8) is 0 Å². The smallest absolute Gasteiger partial charge is 0.259 e. The second kappa shape index (κ2) is 6.60. The molecule has 0 unspecified atom stereocenters. The summed E-state index contributed by atoms with van der Waals surface area (Å²) in [4.78, 5) is 14.6. The Morgan fingerprint density at radius 2 is 1.91 bits per heavy atom. The Morgan fingerprint density at radius 1 is 1.17 bits per heavy atom. The number of hydrogen-bond donors (Lipinski definition) is 1. The van der Waals surface area contributed by atoms with Crippen LogP contribution in [0.15, 0.2) is 48.5 Å². The van der Waals surface area contributed by atoms with Gasteiger partial charge in [0.1, 0.15) is 11.3 Å². The van der Waals surface area contributed by atoms with Gasteiger partial charge in [-0.05, 0) is 17.7 Å². The van der Waals surface area contributed by atoms with Gasteiger partial charge in [0.05, 0.1) is 12.1 Å². The minimum absolute atomic E-state index is 0.0881. The maximum absolute atomic E-state index is 12.9. The molecule has 2 aromatic carbocycles. The van der Waals surface area contributed by atoms with Gasteiger partial charge in [-0.3, -0.25) is 4.79 Å². The number of amides is 1. The van der Waals surface area contributed by atoms with E-state index in [0.717, 1.165) is 5.56 Å². The van der Waals surface area contributed by atoms with Gasteiger partial charge < -0.3 is 15.4 Å². The molecule has 2 aromatic rings. The molecule has 5 heteroatoms. The van der Waals surface area contributed by atoms with Gasteiger partial charge in [-0.25, -0.2) is 0 Å². The fourth-order valence-electron chi connectivity index (χ4n) is 3.09. The number of rotatable bonds is 3. The first-order chi connectivity index (χ1) is 11.1. The molecule has 23 heavy (non-hydrogen) atoms. The molecule has 0 bridgehead atoms. The van der Waals surface area contributed by atoms with E-state index in [1.165, 1.54) is 7.11 Å². The number of likely N-dealkylation sites (tertiary alicyclic amines) is 1. The average Bonchev–Trinajstić information content (AvgIpc) is 2.96. The zero-order valence-electron chi connectivity index (χ0n) is 12.9. The number of hydrogen-bond acceptors (Lipinski definition) is 3. The Hall–Kier alpha value is -2.04. The first kappa shape index (κ1) is 15.8. The summed E-state index contributed by atoms with van der Waals surface area (Å²) in [5.41, 5.74) is 7.82. The third-order valence-corrected chi connectivity index (χ3v) is 4.60. The molecule has 4 nitrogen and oxygen atoms in total. The second-order valence-corrected chi connectivity index (χ2v) is 6.12. The zero-order chi connectivity index (χ0) is 16.4. The maximum atomic E-state index is 12.9. The van der Waals surface area contributed by atoms with Crippen LogP contribution in [0.25, 0.3) is 0 Å². The van der Waals surface area contributed by atoms with Gasteiger partial charge >= 0.3 is 0 Å². The first-order valence-corrected chi connectivity index (χ1v) is 7.92. The fraction of sp³-hybridized carbons (Fsp3) is 0.278. The van der Waals surface area contributed by atoms with Crippen molar-refractivity contribution >= 4 is 17.5 Å². The highest BCUT2D eigenvalue weighted by atomic mass is 35.5. The molecule has 1 aliphatic rings. The van der Waals surface area contributed by atoms with Crippen molar-refractivity contribution in [2.45, 2.75) is 12.0 Å². The Labute approximate surface area is 140 Å². The number of nitrogens with zero attached hydrogens (tertiary/aromatic N) is 1. The summed E-state index contributed by atoms with van der Waals surface area (Å²) in [6.45, 7) is 1.09. The van der Waals surface area contributed by atoms with Crippen LogP contribution in [0, 0.1) is 0 Å². The van der Waals surface area contributed by atoms with Crippen LogP contribution in [-0.4, -0.2) is 37.0 Å². The third-order valence-electron chi connectivity index (χ3n) is 4.29. The molecular weight excluding hydrogens is 312 g/mol. The third kappa shape index (κ3) is 3.05. The van der Waals surface area contributed by atoms with Crippen LogP contribution in [0.4, 0.5) is 0 Å². The van der Waals surface area contributed by atoms with E-state index in [4.69, 9.17) is 22.1 Å². The van der Waals surface area contributed by atoms with Crippen molar-refractivity contribution in [3.05, 3.63) is 64.7 Å². The normalized spacial score (nSPS) is 20.6. The van der Waals surface area contributed by atoms with Gasteiger partial charge in [0.15, 0.2) is 0 Å². The van der Waals surface area contributed by atoms with Crippen LogP contribution in [0.2, 0.25) is 5.02 Å². The van der Waals surface area contributed by atoms with E-state index in [1.54, 1.807) is 23.1 Å². The second-order valence-electron chi connectivity index (χ2n) is 5.71. The van der Waals surface area contributed by atoms with Crippen LogP contribution < -0.4 is 10.5 Å². The van der Waals surface area contributed by atoms with E-state index in [-0.39, 0.29) is 17.9 Å².